The van der Waals surface area contributed by atoms with Gasteiger partial charge in [-0.05, 0) is 12.5 Å². The minimum absolute atomic E-state index is 0.00713. The molecule has 0 aromatic heterocycles. The van der Waals surface area contributed by atoms with Crippen LogP contribution in [0, 0.1) is 10.1 Å². The van der Waals surface area contributed by atoms with Crippen LogP contribution in [0.15, 0.2) is 24.3 Å². The summed E-state index contributed by atoms with van der Waals surface area (Å²) in [6.07, 6.45) is 9.59. The molecule has 24 heavy (non-hydrogen) atoms. The number of esters is 1. The van der Waals surface area contributed by atoms with Crippen LogP contribution in [0.2, 0.25) is 0 Å². The Bertz CT molecular complexity index is 506. The van der Waals surface area contributed by atoms with E-state index in [0.717, 1.165) is 12.8 Å². The van der Waals surface area contributed by atoms with Gasteiger partial charge in [-0.15, -0.1) is 0 Å². The molecule has 6 nitrogen and oxygen atoms in total. The molecule has 1 aromatic rings. The van der Waals surface area contributed by atoms with E-state index < -0.39 is 4.92 Å². The van der Waals surface area contributed by atoms with Crippen molar-refractivity contribution in [3.05, 3.63) is 34.4 Å². The van der Waals surface area contributed by atoms with E-state index in [1.54, 1.807) is 12.1 Å². The van der Waals surface area contributed by atoms with Crippen LogP contribution < -0.4 is 5.32 Å². The van der Waals surface area contributed by atoms with Gasteiger partial charge in [0.05, 0.1) is 11.5 Å². The Balaban J connectivity index is 2.06. The maximum Gasteiger partial charge on any atom is 0.325 e. The minimum Gasteiger partial charge on any atom is -0.464 e. The van der Waals surface area contributed by atoms with Gasteiger partial charge in [0.15, 0.2) is 0 Å². The standard InChI is InChI=1S/C18H28N2O4/c1-2-3-4-5-6-7-8-9-13-24-18(21)15-19-16-11-10-12-17(14-16)20(22)23/h10-12,14,19H,2-9,13,15H2,1H3. The Morgan fingerprint density at radius 3 is 2.46 bits per heavy atom. The molecule has 0 atom stereocenters. The number of nitro groups is 1. The summed E-state index contributed by atoms with van der Waals surface area (Å²) in [6.45, 7) is 2.66. The summed E-state index contributed by atoms with van der Waals surface area (Å²) in [5.74, 6) is -0.343. The highest BCUT2D eigenvalue weighted by atomic mass is 16.6. The lowest BCUT2D eigenvalue weighted by atomic mass is 10.1. The highest BCUT2D eigenvalue weighted by Crippen LogP contribution is 2.16. The van der Waals surface area contributed by atoms with Crippen molar-refractivity contribution in [2.45, 2.75) is 58.3 Å². The second kappa shape index (κ2) is 12.3. The lowest BCUT2D eigenvalue weighted by Gasteiger charge is -2.07. The predicted octanol–water partition coefficient (Wildman–Crippen LogP) is 4.69. The summed E-state index contributed by atoms with van der Waals surface area (Å²) >= 11 is 0. The molecule has 6 heteroatoms. The zero-order valence-electron chi connectivity index (χ0n) is 14.5. The second-order valence-electron chi connectivity index (χ2n) is 5.86. The summed E-state index contributed by atoms with van der Waals surface area (Å²) in [6, 6.07) is 6.06. The topological polar surface area (TPSA) is 81.5 Å². The number of carbonyl (C=O) groups excluding carboxylic acids is 1. The van der Waals surface area contributed by atoms with Crippen LogP contribution in [0.1, 0.15) is 58.3 Å². The Morgan fingerprint density at radius 1 is 1.12 bits per heavy atom. The van der Waals surface area contributed by atoms with Gasteiger partial charge in [0, 0.05) is 17.8 Å². The van der Waals surface area contributed by atoms with Crippen LogP contribution in [0.4, 0.5) is 11.4 Å². The third-order valence-corrected chi connectivity index (χ3v) is 3.75. The smallest absolute Gasteiger partial charge is 0.325 e. The van der Waals surface area contributed by atoms with Crippen LogP contribution in [-0.2, 0) is 9.53 Å². The van der Waals surface area contributed by atoms with Gasteiger partial charge in [-0.2, -0.15) is 0 Å². The molecular formula is C18H28N2O4. The van der Waals surface area contributed by atoms with Crippen molar-refractivity contribution in [2.75, 3.05) is 18.5 Å². The first-order valence-electron chi connectivity index (χ1n) is 8.77. The van der Waals surface area contributed by atoms with Gasteiger partial charge in [0.2, 0.25) is 0 Å². The first kappa shape index (κ1) is 19.9. The van der Waals surface area contributed by atoms with Crippen LogP contribution >= 0.6 is 0 Å². The molecule has 0 bridgehead atoms. The normalized spacial score (nSPS) is 10.4. The molecule has 0 fully saturated rings. The molecule has 0 aliphatic heterocycles. The highest BCUT2D eigenvalue weighted by molar-refractivity contribution is 5.75. The highest BCUT2D eigenvalue weighted by Gasteiger charge is 2.07. The molecule has 0 amide bonds. The number of hydrogen-bond donors (Lipinski definition) is 1. The zero-order chi connectivity index (χ0) is 17.6. The first-order chi connectivity index (χ1) is 11.6. The molecule has 0 aliphatic rings. The Morgan fingerprint density at radius 2 is 1.79 bits per heavy atom. The molecular weight excluding hydrogens is 308 g/mol. The van der Waals surface area contributed by atoms with Gasteiger partial charge in [-0.1, -0.05) is 57.9 Å². The van der Waals surface area contributed by atoms with Gasteiger partial charge >= 0.3 is 5.97 Å². The molecule has 0 heterocycles. The lowest BCUT2D eigenvalue weighted by Crippen LogP contribution is -2.17. The maximum atomic E-state index is 11.6. The van der Waals surface area contributed by atoms with E-state index in [-0.39, 0.29) is 18.2 Å². The number of nitro benzene ring substituents is 1. The monoisotopic (exact) mass is 336 g/mol. The van der Waals surface area contributed by atoms with Crippen molar-refractivity contribution in [1.29, 1.82) is 0 Å². The van der Waals surface area contributed by atoms with Crippen LogP contribution in [0.5, 0.6) is 0 Å². The number of unbranched alkanes of at least 4 members (excludes halogenated alkanes) is 7. The van der Waals surface area contributed by atoms with Crippen LogP contribution in [0.25, 0.3) is 0 Å². The number of hydrogen-bond acceptors (Lipinski definition) is 5. The fourth-order valence-corrected chi connectivity index (χ4v) is 2.38. The summed E-state index contributed by atoms with van der Waals surface area (Å²) < 4.78 is 5.15. The second-order valence-corrected chi connectivity index (χ2v) is 5.86. The average Bonchev–Trinajstić information content (AvgIpc) is 2.58. The average molecular weight is 336 g/mol. The van der Waals surface area contributed by atoms with Gasteiger partial charge in [0.25, 0.3) is 5.69 Å². The third-order valence-electron chi connectivity index (χ3n) is 3.75. The molecule has 134 valence electrons. The Kier molecular flexibility index (Phi) is 10.2. The van der Waals surface area contributed by atoms with E-state index in [4.69, 9.17) is 4.74 Å². The molecule has 0 aliphatic carbocycles. The number of nitrogens with zero attached hydrogens (tertiary/aromatic N) is 1. The molecule has 0 saturated heterocycles. The van der Waals surface area contributed by atoms with E-state index >= 15 is 0 Å². The van der Waals surface area contributed by atoms with E-state index in [9.17, 15) is 14.9 Å². The SMILES string of the molecule is CCCCCCCCCCOC(=O)CNc1cccc([N+](=O)[O-])c1. The number of benzene rings is 1. The van der Waals surface area contributed by atoms with Crippen molar-refractivity contribution < 1.29 is 14.5 Å². The van der Waals surface area contributed by atoms with E-state index in [1.165, 1.54) is 50.7 Å². The van der Waals surface area contributed by atoms with Crippen molar-refractivity contribution in [1.82, 2.24) is 0 Å². The number of nitrogens with one attached hydrogen (secondary N) is 1. The third kappa shape index (κ3) is 9.12. The van der Waals surface area contributed by atoms with Gasteiger partial charge in [-0.25, -0.2) is 0 Å². The number of anilines is 1. The van der Waals surface area contributed by atoms with Crippen molar-refractivity contribution in [3.63, 3.8) is 0 Å². The molecule has 0 saturated carbocycles. The Hall–Kier alpha value is -2.11. The number of non-ortho nitro benzene ring substituents is 1. The van der Waals surface area contributed by atoms with Crippen LogP contribution in [0.3, 0.4) is 0 Å². The van der Waals surface area contributed by atoms with E-state index in [1.807, 2.05) is 0 Å². The number of carbonyl (C=O) groups is 1. The first-order valence-corrected chi connectivity index (χ1v) is 8.77. The minimum atomic E-state index is -0.467. The van der Waals surface area contributed by atoms with Gasteiger partial charge in [0.1, 0.15) is 6.54 Å². The Labute approximate surface area is 143 Å². The van der Waals surface area contributed by atoms with Gasteiger partial charge in [-0.3, -0.25) is 14.9 Å². The fraction of sp³-hybridized carbons (Fsp3) is 0.611. The predicted molar refractivity (Wildman–Crippen MR) is 95.2 cm³/mol. The van der Waals surface area contributed by atoms with Crippen molar-refractivity contribution in [3.8, 4) is 0 Å². The van der Waals surface area contributed by atoms with E-state index in [0.29, 0.717) is 12.3 Å². The summed E-state index contributed by atoms with van der Waals surface area (Å²) in [4.78, 5) is 21.8. The number of ether oxygens (including phenoxy) is 1. The molecule has 1 N–H and O–H groups in total. The van der Waals surface area contributed by atoms with E-state index in [2.05, 4.69) is 12.2 Å². The number of rotatable bonds is 13. The summed E-state index contributed by atoms with van der Waals surface area (Å²) in [5.41, 5.74) is 0.528. The van der Waals surface area contributed by atoms with Crippen LogP contribution in [-0.4, -0.2) is 24.0 Å². The summed E-state index contributed by atoms with van der Waals surface area (Å²) in [7, 11) is 0. The largest absolute Gasteiger partial charge is 0.464 e. The van der Waals surface area contributed by atoms with Crippen molar-refractivity contribution >= 4 is 17.3 Å². The molecule has 0 spiro atoms. The maximum absolute atomic E-state index is 11.6. The van der Waals surface area contributed by atoms with Crippen molar-refractivity contribution in [2.24, 2.45) is 0 Å². The molecule has 0 unspecified atom stereocenters. The molecule has 1 aromatic carbocycles. The lowest BCUT2D eigenvalue weighted by molar-refractivity contribution is -0.384. The summed E-state index contributed by atoms with van der Waals surface area (Å²) in [5, 5.41) is 13.5. The van der Waals surface area contributed by atoms with Gasteiger partial charge < -0.3 is 10.1 Å². The molecule has 0 radical (unpaired) electrons. The zero-order valence-corrected chi connectivity index (χ0v) is 14.5. The quantitative estimate of drug-likeness (QED) is 0.244. The fourth-order valence-electron chi connectivity index (χ4n) is 2.38. The molecule has 1 rings (SSSR count).